The van der Waals surface area contributed by atoms with Gasteiger partial charge in [-0.2, -0.15) is 0 Å². The number of rotatable bonds is 3. The van der Waals surface area contributed by atoms with Crippen LogP contribution in [0.1, 0.15) is 30.9 Å². The van der Waals surface area contributed by atoms with Gasteiger partial charge in [-0.1, -0.05) is 24.2 Å². The summed E-state index contributed by atoms with van der Waals surface area (Å²) in [5, 5.41) is 11.5. The average Bonchev–Trinajstić information content (AvgIpc) is 2.40. The molecule has 1 atom stereocenters. The lowest BCUT2D eigenvalue weighted by molar-refractivity contribution is 0.175. The minimum absolute atomic E-state index is 0.157. The van der Waals surface area contributed by atoms with Crippen LogP contribution in [0, 0.1) is 11.7 Å². The van der Waals surface area contributed by atoms with E-state index in [2.05, 4.69) is 17.0 Å². The molecule has 1 heterocycles. The number of halogens is 1. The number of nitrogens with two attached hydrogens (primary N) is 1. The molecule has 0 aromatic heterocycles. The van der Waals surface area contributed by atoms with Gasteiger partial charge in [-0.3, -0.25) is 4.90 Å². The Bertz CT molecular complexity index is 476. The highest BCUT2D eigenvalue weighted by atomic mass is 19.1. The summed E-state index contributed by atoms with van der Waals surface area (Å²) in [6.07, 6.45) is 2.39. The molecule has 0 radical (unpaired) electrons. The molecule has 1 aliphatic rings. The number of hydrogen-bond acceptors (Lipinski definition) is 3. The van der Waals surface area contributed by atoms with Crippen LogP contribution in [0.4, 0.5) is 4.39 Å². The number of nitrogens with zero attached hydrogens (tertiary/aromatic N) is 2. The summed E-state index contributed by atoms with van der Waals surface area (Å²) in [7, 11) is 0. The highest BCUT2D eigenvalue weighted by Gasteiger charge is 2.19. The van der Waals surface area contributed by atoms with E-state index in [1.807, 2.05) is 0 Å². The monoisotopic (exact) mass is 265 g/mol. The Morgan fingerprint density at radius 3 is 3.05 bits per heavy atom. The lowest BCUT2D eigenvalue weighted by Gasteiger charge is -2.31. The number of oxime groups is 1. The molecule has 5 heteroatoms. The molecule has 1 aliphatic heterocycles. The number of amidine groups is 1. The van der Waals surface area contributed by atoms with Gasteiger partial charge in [0, 0.05) is 18.7 Å². The van der Waals surface area contributed by atoms with Crippen LogP contribution in [0.5, 0.6) is 0 Å². The van der Waals surface area contributed by atoms with Gasteiger partial charge in [0.2, 0.25) is 0 Å². The maximum absolute atomic E-state index is 14.3. The van der Waals surface area contributed by atoms with E-state index in [0.717, 1.165) is 19.5 Å². The molecule has 1 saturated heterocycles. The molecule has 1 aromatic carbocycles. The number of likely N-dealkylation sites (tertiary alicyclic amines) is 1. The minimum Gasteiger partial charge on any atom is -0.409 e. The van der Waals surface area contributed by atoms with Crippen molar-refractivity contribution in [1.82, 2.24) is 4.90 Å². The molecular weight excluding hydrogens is 245 g/mol. The second-order valence-corrected chi connectivity index (χ2v) is 5.25. The molecule has 0 spiro atoms. The standard InChI is InChI=1S/C14H20FN3O/c1-10-4-3-7-18(8-10)9-11-5-2-6-12(13(11)15)14(16)17-19/h2,5-6,10,19H,3-4,7-9H2,1H3,(H2,16,17). The third-order valence-corrected chi connectivity index (χ3v) is 3.60. The van der Waals surface area contributed by atoms with Gasteiger partial charge in [0.1, 0.15) is 5.82 Å². The first kappa shape index (κ1) is 13.8. The number of piperidine rings is 1. The fourth-order valence-electron chi connectivity index (χ4n) is 2.62. The maximum Gasteiger partial charge on any atom is 0.173 e. The molecule has 2 rings (SSSR count). The Morgan fingerprint density at radius 2 is 2.37 bits per heavy atom. The highest BCUT2D eigenvalue weighted by Crippen LogP contribution is 2.20. The Kier molecular flexibility index (Phi) is 4.37. The van der Waals surface area contributed by atoms with E-state index in [9.17, 15) is 4.39 Å². The fraction of sp³-hybridized carbons (Fsp3) is 0.500. The zero-order valence-corrected chi connectivity index (χ0v) is 11.1. The molecule has 4 nitrogen and oxygen atoms in total. The normalized spacial score (nSPS) is 21.6. The van der Waals surface area contributed by atoms with Crippen molar-refractivity contribution in [2.24, 2.45) is 16.8 Å². The summed E-state index contributed by atoms with van der Waals surface area (Å²) in [4.78, 5) is 2.25. The first-order valence-electron chi connectivity index (χ1n) is 6.59. The van der Waals surface area contributed by atoms with Gasteiger partial charge < -0.3 is 10.9 Å². The van der Waals surface area contributed by atoms with Crippen LogP contribution in [0.3, 0.4) is 0 Å². The Labute approximate surface area is 112 Å². The summed E-state index contributed by atoms with van der Waals surface area (Å²) in [6, 6.07) is 5.01. The zero-order valence-electron chi connectivity index (χ0n) is 11.1. The van der Waals surface area contributed by atoms with Gasteiger partial charge in [-0.15, -0.1) is 0 Å². The molecule has 104 valence electrons. The van der Waals surface area contributed by atoms with E-state index < -0.39 is 5.82 Å². The van der Waals surface area contributed by atoms with E-state index in [1.54, 1.807) is 12.1 Å². The summed E-state index contributed by atoms with van der Waals surface area (Å²) in [5.41, 5.74) is 6.22. The predicted octanol–water partition coefficient (Wildman–Crippen LogP) is 2.15. The van der Waals surface area contributed by atoms with Crippen LogP contribution in [0.2, 0.25) is 0 Å². The lowest BCUT2D eigenvalue weighted by atomic mass is 9.99. The second-order valence-electron chi connectivity index (χ2n) is 5.25. The molecule has 19 heavy (non-hydrogen) atoms. The van der Waals surface area contributed by atoms with Crippen LogP contribution in [-0.2, 0) is 6.54 Å². The van der Waals surface area contributed by atoms with E-state index in [1.165, 1.54) is 12.5 Å². The molecule has 3 N–H and O–H groups in total. The minimum atomic E-state index is -0.393. The molecule has 0 saturated carbocycles. The maximum atomic E-state index is 14.3. The van der Waals surface area contributed by atoms with Crippen molar-refractivity contribution < 1.29 is 9.60 Å². The van der Waals surface area contributed by atoms with Gasteiger partial charge in [-0.25, -0.2) is 4.39 Å². The van der Waals surface area contributed by atoms with Crippen molar-refractivity contribution in [3.05, 3.63) is 35.1 Å². The zero-order chi connectivity index (χ0) is 13.8. The topological polar surface area (TPSA) is 61.8 Å². The first-order valence-corrected chi connectivity index (χ1v) is 6.59. The van der Waals surface area contributed by atoms with Crippen molar-refractivity contribution in [3.63, 3.8) is 0 Å². The summed E-state index contributed by atoms with van der Waals surface area (Å²) in [6.45, 7) is 4.78. The Balaban J connectivity index is 2.16. The van der Waals surface area contributed by atoms with Gasteiger partial charge >= 0.3 is 0 Å². The van der Waals surface area contributed by atoms with Crippen molar-refractivity contribution in [2.45, 2.75) is 26.3 Å². The van der Waals surface area contributed by atoms with E-state index in [4.69, 9.17) is 10.9 Å². The third kappa shape index (κ3) is 3.23. The highest BCUT2D eigenvalue weighted by molar-refractivity contribution is 5.97. The first-order chi connectivity index (χ1) is 9.11. The number of benzene rings is 1. The summed E-state index contributed by atoms with van der Waals surface area (Å²) < 4.78 is 14.3. The average molecular weight is 265 g/mol. The van der Waals surface area contributed by atoms with Gasteiger partial charge in [0.15, 0.2) is 5.84 Å². The van der Waals surface area contributed by atoms with E-state index >= 15 is 0 Å². The SMILES string of the molecule is CC1CCCN(Cc2cccc(/C(N)=N/O)c2F)C1. The largest absolute Gasteiger partial charge is 0.409 e. The quantitative estimate of drug-likeness (QED) is 0.381. The van der Waals surface area contributed by atoms with Crippen molar-refractivity contribution in [1.29, 1.82) is 0 Å². The predicted molar refractivity (Wildman–Crippen MR) is 72.6 cm³/mol. The third-order valence-electron chi connectivity index (χ3n) is 3.60. The molecular formula is C14H20FN3O. The van der Waals surface area contributed by atoms with E-state index in [0.29, 0.717) is 18.0 Å². The summed E-state index contributed by atoms with van der Waals surface area (Å²) in [5.74, 6) is 0.0754. The van der Waals surface area contributed by atoms with Crippen LogP contribution in [-0.4, -0.2) is 29.0 Å². The Hall–Kier alpha value is -1.62. The molecule has 0 aliphatic carbocycles. The van der Waals surface area contributed by atoms with Gasteiger partial charge in [0.05, 0.1) is 5.56 Å². The van der Waals surface area contributed by atoms with E-state index in [-0.39, 0.29) is 11.4 Å². The van der Waals surface area contributed by atoms with Crippen LogP contribution in [0.25, 0.3) is 0 Å². The van der Waals surface area contributed by atoms with Crippen LogP contribution >= 0.6 is 0 Å². The van der Waals surface area contributed by atoms with Crippen molar-refractivity contribution in [3.8, 4) is 0 Å². The van der Waals surface area contributed by atoms with Gasteiger partial charge in [0.25, 0.3) is 0 Å². The molecule has 1 fully saturated rings. The molecule has 0 bridgehead atoms. The molecule has 1 unspecified atom stereocenters. The van der Waals surface area contributed by atoms with Crippen molar-refractivity contribution >= 4 is 5.84 Å². The van der Waals surface area contributed by atoms with Crippen LogP contribution < -0.4 is 5.73 Å². The summed E-state index contributed by atoms with van der Waals surface area (Å²) >= 11 is 0. The second kappa shape index (κ2) is 6.02. The molecule has 1 aromatic rings. The van der Waals surface area contributed by atoms with Crippen LogP contribution in [0.15, 0.2) is 23.4 Å². The lowest BCUT2D eigenvalue weighted by Crippen LogP contribution is -2.34. The fourth-order valence-corrected chi connectivity index (χ4v) is 2.62. The smallest absolute Gasteiger partial charge is 0.173 e. The van der Waals surface area contributed by atoms with Gasteiger partial charge in [-0.05, 0) is 31.4 Å². The molecule has 0 amide bonds. The number of hydrogen-bond donors (Lipinski definition) is 2. The Morgan fingerprint density at radius 1 is 1.58 bits per heavy atom. The van der Waals surface area contributed by atoms with Crippen molar-refractivity contribution in [2.75, 3.05) is 13.1 Å².